The van der Waals surface area contributed by atoms with E-state index in [-0.39, 0.29) is 0 Å². The van der Waals surface area contributed by atoms with E-state index in [9.17, 15) is 0 Å². The quantitative estimate of drug-likeness (QED) is 0.636. The summed E-state index contributed by atoms with van der Waals surface area (Å²) in [5, 5.41) is 4.13. The summed E-state index contributed by atoms with van der Waals surface area (Å²) in [5.41, 5.74) is 0.790. The molecule has 0 atom stereocenters. The molecule has 0 amide bonds. The van der Waals surface area contributed by atoms with Gasteiger partial charge in [-0.15, -0.1) is 0 Å². The smallest absolute Gasteiger partial charge is 0.176 e. The maximum absolute atomic E-state index is 4.24. The third kappa shape index (κ3) is 1.40. The van der Waals surface area contributed by atoms with E-state index in [4.69, 9.17) is 0 Å². The molecule has 0 fully saturated rings. The molecule has 0 bridgehead atoms. The van der Waals surface area contributed by atoms with E-state index in [2.05, 4.69) is 20.1 Å². The Balaban J connectivity index is 2.53. The van der Waals surface area contributed by atoms with Gasteiger partial charge in [-0.3, -0.25) is 0 Å². The van der Waals surface area contributed by atoms with Gasteiger partial charge in [-0.05, 0) is 13.0 Å². The molecule has 0 saturated carbocycles. The molecular formula is C8H9N5. The standard InChI is InChI=1S/C8H9N5/c1-6-11-8(13(2)12-6)7-3-4-9-5-10-7/h3-5H,1-2H3. The number of aryl methyl sites for hydroxylation is 2. The maximum Gasteiger partial charge on any atom is 0.176 e. The van der Waals surface area contributed by atoms with Gasteiger partial charge in [-0.1, -0.05) is 0 Å². The highest BCUT2D eigenvalue weighted by molar-refractivity contribution is 5.47. The summed E-state index contributed by atoms with van der Waals surface area (Å²) in [6.07, 6.45) is 3.19. The van der Waals surface area contributed by atoms with Crippen molar-refractivity contribution in [3.63, 3.8) is 0 Å². The van der Waals surface area contributed by atoms with Crippen LogP contribution in [0, 0.1) is 6.92 Å². The van der Waals surface area contributed by atoms with Gasteiger partial charge < -0.3 is 0 Å². The van der Waals surface area contributed by atoms with Gasteiger partial charge in [0.05, 0.1) is 0 Å². The van der Waals surface area contributed by atoms with Crippen molar-refractivity contribution >= 4 is 0 Å². The minimum absolute atomic E-state index is 0.746. The molecule has 0 radical (unpaired) electrons. The lowest BCUT2D eigenvalue weighted by Crippen LogP contribution is -1.96. The summed E-state index contributed by atoms with van der Waals surface area (Å²) < 4.78 is 1.71. The van der Waals surface area contributed by atoms with E-state index < -0.39 is 0 Å². The van der Waals surface area contributed by atoms with E-state index in [1.54, 1.807) is 10.9 Å². The molecule has 66 valence electrons. The summed E-state index contributed by atoms with van der Waals surface area (Å²) in [6, 6.07) is 1.81. The van der Waals surface area contributed by atoms with Crippen molar-refractivity contribution in [2.45, 2.75) is 6.92 Å². The van der Waals surface area contributed by atoms with Crippen molar-refractivity contribution in [2.75, 3.05) is 0 Å². The molecule has 0 N–H and O–H groups in total. The number of hydrogen-bond acceptors (Lipinski definition) is 4. The fraction of sp³-hybridized carbons (Fsp3) is 0.250. The third-order valence-electron chi connectivity index (χ3n) is 1.68. The molecule has 0 aliphatic carbocycles. The first-order valence-electron chi connectivity index (χ1n) is 3.91. The van der Waals surface area contributed by atoms with Crippen LogP contribution < -0.4 is 0 Å². The van der Waals surface area contributed by atoms with Crippen LogP contribution in [0.1, 0.15) is 5.82 Å². The lowest BCUT2D eigenvalue weighted by Gasteiger charge is -1.96. The van der Waals surface area contributed by atoms with E-state index in [0.29, 0.717) is 0 Å². The molecule has 0 aliphatic rings. The van der Waals surface area contributed by atoms with Gasteiger partial charge in [0.1, 0.15) is 17.8 Å². The monoisotopic (exact) mass is 175 g/mol. The van der Waals surface area contributed by atoms with Crippen molar-refractivity contribution in [3.8, 4) is 11.5 Å². The van der Waals surface area contributed by atoms with Crippen molar-refractivity contribution in [2.24, 2.45) is 7.05 Å². The topological polar surface area (TPSA) is 56.5 Å². The highest BCUT2D eigenvalue weighted by Gasteiger charge is 2.06. The normalized spacial score (nSPS) is 10.3. The second kappa shape index (κ2) is 2.93. The predicted octanol–water partition coefficient (Wildman–Crippen LogP) is 0.581. The number of nitrogens with zero attached hydrogens (tertiary/aromatic N) is 5. The zero-order valence-electron chi connectivity index (χ0n) is 7.47. The lowest BCUT2D eigenvalue weighted by molar-refractivity contribution is 0.761. The summed E-state index contributed by atoms with van der Waals surface area (Å²) in [7, 11) is 1.84. The molecule has 5 heteroatoms. The van der Waals surface area contributed by atoms with Crippen LogP contribution in [-0.4, -0.2) is 24.7 Å². The zero-order chi connectivity index (χ0) is 9.26. The fourth-order valence-corrected chi connectivity index (χ4v) is 1.16. The minimum atomic E-state index is 0.746. The van der Waals surface area contributed by atoms with Gasteiger partial charge >= 0.3 is 0 Å². The molecule has 5 nitrogen and oxygen atoms in total. The SMILES string of the molecule is Cc1nc(-c2ccncn2)n(C)n1. The number of aromatic nitrogens is 5. The summed E-state index contributed by atoms with van der Waals surface area (Å²) in [4.78, 5) is 12.2. The van der Waals surface area contributed by atoms with Crippen LogP contribution in [0.3, 0.4) is 0 Å². The van der Waals surface area contributed by atoms with Crippen LogP contribution in [0.2, 0.25) is 0 Å². The molecule has 2 aromatic heterocycles. The summed E-state index contributed by atoms with van der Waals surface area (Å²) in [6.45, 7) is 1.85. The van der Waals surface area contributed by atoms with Crippen LogP contribution in [0.25, 0.3) is 11.5 Å². The Hall–Kier alpha value is -1.78. The molecule has 0 saturated heterocycles. The minimum Gasteiger partial charge on any atom is -0.247 e. The molecule has 2 heterocycles. The number of hydrogen-bond donors (Lipinski definition) is 0. The second-order valence-electron chi connectivity index (χ2n) is 2.70. The Bertz CT molecular complexity index is 406. The molecule has 0 unspecified atom stereocenters. The molecule has 0 aliphatic heterocycles. The van der Waals surface area contributed by atoms with Crippen molar-refractivity contribution in [1.82, 2.24) is 24.7 Å². The third-order valence-corrected chi connectivity index (χ3v) is 1.68. The Labute approximate surface area is 75.5 Å². The maximum atomic E-state index is 4.24. The van der Waals surface area contributed by atoms with Gasteiger partial charge in [0.2, 0.25) is 0 Å². The Morgan fingerprint density at radius 2 is 2.23 bits per heavy atom. The van der Waals surface area contributed by atoms with Crippen LogP contribution in [0.4, 0.5) is 0 Å². The van der Waals surface area contributed by atoms with Crippen LogP contribution in [0.5, 0.6) is 0 Å². The van der Waals surface area contributed by atoms with Gasteiger partial charge in [0.25, 0.3) is 0 Å². The van der Waals surface area contributed by atoms with Crippen molar-refractivity contribution in [1.29, 1.82) is 0 Å². The largest absolute Gasteiger partial charge is 0.247 e. The Morgan fingerprint density at radius 1 is 1.38 bits per heavy atom. The van der Waals surface area contributed by atoms with Gasteiger partial charge in [-0.2, -0.15) is 5.10 Å². The van der Waals surface area contributed by atoms with E-state index in [0.717, 1.165) is 17.3 Å². The second-order valence-corrected chi connectivity index (χ2v) is 2.70. The molecule has 13 heavy (non-hydrogen) atoms. The van der Waals surface area contributed by atoms with Crippen molar-refractivity contribution in [3.05, 3.63) is 24.4 Å². The first-order valence-corrected chi connectivity index (χ1v) is 3.91. The lowest BCUT2D eigenvalue weighted by atomic mass is 10.4. The van der Waals surface area contributed by atoms with Gasteiger partial charge in [0.15, 0.2) is 5.82 Å². The van der Waals surface area contributed by atoms with Crippen LogP contribution >= 0.6 is 0 Å². The van der Waals surface area contributed by atoms with Gasteiger partial charge in [-0.25, -0.2) is 19.6 Å². The highest BCUT2D eigenvalue weighted by atomic mass is 15.3. The number of rotatable bonds is 1. The molecule has 0 spiro atoms. The van der Waals surface area contributed by atoms with E-state index in [1.807, 2.05) is 20.0 Å². The molecule has 0 aromatic carbocycles. The molecule has 2 aromatic rings. The van der Waals surface area contributed by atoms with Gasteiger partial charge in [0, 0.05) is 13.2 Å². The zero-order valence-corrected chi connectivity index (χ0v) is 7.47. The van der Waals surface area contributed by atoms with Crippen molar-refractivity contribution < 1.29 is 0 Å². The first-order chi connectivity index (χ1) is 6.27. The summed E-state index contributed by atoms with van der Waals surface area (Å²) in [5.74, 6) is 1.51. The average Bonchev–Trinajstić information content (AvgIpc) is 2.47. The first kappa shape index (κ1) is 7.85. The van der Waals surface area contributed by atoms with E-state index in [1.165, 1.54) is 6.33 Å². The molecular weight excluding hydrogens is 166 g/mol. The predicted molar refractivity (Wildman–Crippen MR) is 46.8 cm³/mol. The highest BCUT2D eigenvalue weighted by Crippen LogP contribution is 2.11. The van der Waals surface area contributed by atoms with E-state index >= 15 is 0 Å². The Kier molecular flexibility index (Phi) is 1.77. The average molecular weight is 175 g/mol. The summed E-state index contributed by atoms with van der Waals surface area (Å²) >= 11 is 0. The molecule has 2 rings (SSSR count). The fourth-order valence-electron chi connectivity index (χ4n) is 1.16. The van der Waals surface area contributed by atoms with Crippen LogP contribution in [0.15, 0.2) is 18.6 Å². The Morgan fingerprint density at radius 3 is 2.77 bits per heavy atom. The van der Waals surface area contributed by atoms with Crippen LogP contribution in [-0.2, 0) is 7.05 Å².